The van der Waals surface area contributed by atoms with Crippen molar-refractivity contribution in [1.29, 1.82) is 0 Å². The van der Waals surface area contributed by atoms with Crippen LogP contribution >= 0.6 is 22.7 Å². The standard InChI is InChI=1S/2C38H21N3OS/c2*1-2-10-23-20-31-29(19-22(23)9-1)25-11-3-6-14-30(25)41(31)37-35(40-38-36(39-37)28-13-4-7-15-32(28)42-38)24-17-18-27-26-12-5-8-16-33(26)43-34(27)21-24/h2*1-21H. The van der Waals surface area contributed by atoms with E-state index in [1.807, 2.05) is 59.1 Å². The molecule has 20 aromatic rings. The minimum Gasteiger partial charge on any atom is -0.436 e. The lowest BCUT2D eigenvalue weighted by Crippen LogP contribution is -2.03. The Balaban J connectivity index is 0.000000126. The van der Waals surface area contributed by atoms with Gasteiger partial charge in [-0.3, -0.25) is 9.13 Å². The highest BCUT2D eigenvalue weighted by Crippen LogP contribution is 2.44. The Hall–Kier alpha value is -11.0. The first-order valence-corrected chi connectivity index (χ1v) is 30.3. The molecule has 0 aliphatic rings. The molecule has 0 atom stereocenters. The maximum atomic E-state index is 6.27. The van der Waals surface area contributed by atoms with E-state index in [0.717, 1.165) is 89.2 Å². The van der Waals surface area contributed by atoms with E-state index >= 15 is 0 Å². The summed E-state index contributed by atoms with van der Waals surface area (Å²) in [6, 6.07) is 90.0. The van der Waals surface area contributed by atoms with Gasteiger partial charge in [0.2, 0.25) is 11.4 Å². The van der Waals surface area contributed by atoms with Crippen molar-refractivity contribution >= 4 is 173 Å². The van der Waals surface area contributed by atoms with Gasteiger partial charge in [0, 0.05) is 83.8 Å². The van der Waals surface area contributed by atoms with Crippen LogP contribution in [0.1, 0.15) is 0 Å². The summed E-state index contributed by atoms with van der Waals surface area (Å²) >= 11 is 3.62. The molecule has 0 spiro atoms. The molecule has 0 radical (unpaired) electrons. The monoisotopic (exact) mass is 1130 g/mol. The van der Waals surface area contributed by atoms with E-state index in [1.165, 1.54) is 83.4 Å². The van der Waals surface area contributed by atoms with Gasteiger partial charge >= 0.3 is 0 Å². The topological polar surface area (TPSA) is 87.7 Å². The minimum absolute atomic E-state index is 0.544. The van der Waals surface area contributed by atoms with Crippen LogP contribution in [0.3, 0.4) is 0 Å². The Kier molecular flexibility index (Phi) is 10.1. The second-order valence-electron chi connectivity index (χ2n) is 22.1. The van der Waals surface area contributed by atoms with E-state index in [-0.39, 0.29) is 0 Å². The average molecular weight is 1140 g/mol. The summed E-state index contributed by atoms with van der Waals surface area (Å²) in [5.41, 5.74) is 12.2. The highest BCUT2D eigenvalue weighted by molar-refractivity contribution is 7.26. The lowest BCUT2D eigenvalue weighted by atomic mass is 10.1. The maximum absolute atomic E-state index is 6.27. The van der Waals surface area contributed by atoms with Gasteiger partial charge in [-0.15, -0.1) is 22.7 Å². The first-order chi connectivity index (χ1) is 42.6. The van der Waals surface area contributed by atoms with E-state index in [1.54, 1.807) is 0 Å². The quantitative estimate of drug-likeness (QED) is 0.174. The molecule has 0 unspecified atom stereocenters. The van der Waals surface area contributed by atoms with Crippen molar-refractivity contribution in [3.63, 3.8) is 0 Å². The first-order valence-electron chi connectivity index (χ1n) is 28.7. The number of aromatic nitrogens is 6. The van der Waals surface area contributed by atoms with E-state index < -0.39 is 0 Å². The maximum Gasteiger partial charge on any atom is 0.247 e. The zero-order valence-corrected chi connectivity index (χ0v) is 47.2. The van der Waals surface area contributed by atoms with Crippen LogP contribution in [0, 0.1) is 0 Å². The molecule has 0 N–H and O–H groups in total. The normalized spacial score (nSPS) is 12.2. The Morgan fingerprint density at radius 2 is 0.628 bits per heavy atom. The van der Waals surface area contributed by atoms with Crippen molar-refractivity contribution in [2.45, 2.75) is 0 Å². The molecule has 0 aliphatic heterocycles. The van der Waals surface area contributed by atoms with Crippen LogP contribution in [-0.2, 0) is 0 Å². The summed E-state index contributed by atoms with van der Waals surface area (Å²) in [6.45, 7) is 0. The predicted molar refractivity (Wildman–Crippen MR) is 359 cm³/mol. The summed E-state index contributed by atoms with van der Waals surface area (Å²) in [4.78, 5) is 21.3. The van der Waals surface area contributed by atoms with Crippen molar-refractivity contribution in [1.82, 2.24) is 29.1 Å². The molecule has 12 aromatic carbocycles. The fourth-order valence-corrected chi connectivity index (χ4v) is 15.5. The highest BCUT2D eigenvalue weighted by Gasteiger charge is 2.25. The Bertz CT molecular complexity index is 5880. The third kappa shape index (κ3) is 7.08. The number of thiophene rings is 2. The van der Waals surface area contributed by atoms with Gasteiger partial charge < -0.3 is 8.83 Å². The number of benzene rings is 12. The lowest BCUT2D eigenvalue weighted by molar-refractivity contribution is 0.652. The second kappa shape index (κ2) is 18.2. The number of furan rings is 2. The summed E-state index contributed by atoms with van der Waals surface area (Å²) in [5.74, 6) is 1.59. The molecule has 0 saturated heterocycles. The van der Waals surface area contributed by atoms with Crippen LogP contribution in [0.4, 0.5) is 0 Å². The molecule has 0 fully saturated rings. The molecule has 8 aromatic heterocycles. The number of hydrogen-bond acceptors (Lipinski definition) is 8. The van der Waals surface area contributed by atoms with Crippen LogP contribution in [0.25, 0.3) is 184 Å². The molecule has 20 rings (SSSR count). The predicted octanol–water partition coefficient (Wildman–Crippen LogP) is 21.3. The Morgan fingerprint density at radius 3 is 1.08 bits per heavy atom. The zero-order chi connectivity index (χ0) is 56.1. The number of hydrogen-bond donors (Lipinski definition) is 0. The molecule has 0 amide bonds. The van der Waals surface area contributed by atoms with E-state index in [4.69, 9.17) is 28.8 Å². The fourth-order valence-electron chi connectivity index (χ4n) is 13.2. The SMILES string of the molecule is c1ccc2cc3c(cc2c1)c1ccccc1n3-c1nc2c(nc1-c1ccc3c(c1)sc1ccccc13)oc1ccccc12.c1ccc2cc3c(cc2c1)c1ccccc1n3-c1nc2c(nc1-c1ccc3c(c1)sc1ccccc13)oc1ccccc12. The second-order valence-corrected chi connectivity index (χ2v) is 24.2. The molecule has 8 heterocycles. The number of nitrogens with zero attached hydrogens (tertiary/aromatic N) is 6. The van der Waals surface area contributed by atoms with Crippen LogP contribution in [-0.4, -0.2) is 29.1 Å². The van der Waals surface area contributed by atoms with Crippen molar-refractivity contribution in [2.24, 2.45) is 0 Å². The Morgan fingerprint density at radius 1 is 0.267 bits per heavy atom. The van der Waals surface area contributed by atoms with Gasteiger partial charge in [-0.25, -0.2) is 19.9 Å². The number of rotatable bonds is 4. The molecule has 0 aliphatic carbocycles. The van der Waals surface area contributed by atoms with Crippen LogP contribution in [0.5, 0.6) is 0 Å². The third-order valence-electron chi connectivity index (χ3n) is 17.2. The van der Waals surface area contributed by atoms with Gasteiger partial charge in [0.25, 0.3) is 0 Å². The zero-order valence-electron chi connectivity index (χ0n) is 45.6. The van der Waals surface area contributed by atoms with Gasteiger partial charge in [0.1, 0.15) is 33.6 Å². The first kappa shape index (κ1) is 47.4. The van der Waals surface area contributed by atoms with Gasteiger partial charge in [-0.1, -0.05) is 170 Å². The lowest BCUT2D eigenvalue weighted by Gasteiger charge is -2.13. The molecular formula is C76H42N6O2S2. The van der Waals surface area contributed by atoms with E-state index in [9.17, 15) is 0 Å². The third-order valence-corrected chi connectivity index (χ3v) is 19.5. The van der Waals surface area contributed by atoms with Crippen molar-refractivity contribution in [2.75, 3.05) is 0 Å². The largest absolute Gasteiger partial charge is 0.436 e. The molecular weight excluding hydrogens is 1090 g/mol. The van der Waals surface area contributed by atoms with E-state index in [2.05, 4.69) is 228 Å². The van der Waals surface area contributed by atoms with Crippen molar-refractivity contribution in [3.05, 3.63) is 255 Å². The summed E-state index contributed by atoms with van der Waals surface area (Å²) in [6.07, 6.45) is 0. The number of fused-ring (bicyclic) bond motifs is 20. The van der Waals surface area contributed by atoms with Crippen LogP contribution in [0.15, 0.2) is 264 Å². The van der Waals surface area contributed by atoms with Gasteiger partial charge in [-0.05, 0) is 106 Å². The molecule has 400 valence electrons. The Labute approximate surface area is 496 Å². The molecule has 10 heteroatoms. The molecule has 8 nitrogen and oxygen atoms in total. The van der Waals surface area contributed by atoms with Crippen molar-refractivity contribution in [3.8, 4) is 34.2 Å². The van der Waals surface area contributed by atoms with Crippen LogP contribution in [0.2, 0.25) is 0 Å². The summed E-state index contributed by atoms with van der Waals surface area (Å²) in [5, 5.41) is 16.6. The van der Waals surface area contributed by atoms with Gasteiger partial charge in [0.05, 0.1) is 22.1 Å². The highest BCUT2D eigenvalue weighted by atomic mass is 32.1. The summed E-state index contributed by atoms with van der Waals surface area (Å²) < 4.78 is 22.1. The molecule has 0 bridgehead atoms. The van der Waals surface area contributed by atoms with Crippen molar-refractivity contribution < 1.29 is 8.83 Å². The van der Waals surface area contributed by atoms with Gasteiger partial charge in [-0.2, -0.15) is 0 Å². The smallest absolute Gasteiger partial charge is 0.247 e. The van der Waals surface area contributed by atoms with Crippen LogP contribution < -0.4 is 0 Å². The molecule has 0 saturated carbocycles. The number of para-hydroxylation sites is 4. The fraction of sp³-hybridized carbons (Fsp3) is 0. The minimum atomic E-state index is 0.544. The van der Waals surface area contributed by atoms with E-state index in [0.29, 0.717) is 11.4 Å². The average Bonchev–Trinajstić information content (AvgIpc) is 2.52. The molecule has 86 heavy (non-hydrogen) atoms. The van der Waals surface area contributed by atoms with Gasteiger partial charge in [0.15, 0.2) is 11.6 Å². The summed E-state index contributed by atoms with van der Waals surface area (Å²) in [7, 11) is 0.